The van der Waals surface area contributed by atoms with Crippen molar-refractivity contribution in [1.82, 2.24) is 4.98 Å². The smallest absolute Gasteiger partial charge is 0.231 e. The van der Waals surface area contributed by atoms with Crippen LogP contribution in [0.1, 0.15) is 11.1 Å². The Labute approximate surface area is 132 Å². The Morgan fingerprint density at radius 3 is 2.57 bits per heavy atom. The fourth-order valence-electron chi connectivity index (χ4n) is 2.56. The van der Waals surface area contributed by atoms with Crippen LogP contribution in [0, 0.1) is 13.8 Å². The second-order valence-electron chi connectivity index (χ2n) is 4.91. The van der Waals surface area contributed by atoms with E-state index in [1.54, 1.807) is 11.3 Å². The van der Waals surface area contributed by atoms with Gasteiger partial charge in [-0.05, 0) is 42.5 Å². The number of pyridine rings is 1. The molecule has 3 nitrogen and oxygen atoms in total. The molecule has 0 aliphatic carbocycles. The molecule has 4 rings (SSSR count). The van der Waals surface area contributed by atoms with Crippen LogP contribution in [0.3, 0.4) is 0 Å². The predicted molar refractivity (Wildman–Crippen MR) is 87.9 cm³/mol. The molecule has 3 heterocycles. The van der Waals surface area contributed by atoms with Crippen LogP contribution in [0.4, 0.5) is 0 Å². The van der Waals surface area contributed by atoms with E-state index in [9.17, 15) is 0 Å². The molecule has 1 aliphatic rings. The summed E-state index contributed by atoms with van der Waals surface area (Å²) in [4.78, 5) is 6.03. The van der Waals surface area contributed by atoms with Crippen LogP contribution < -0.4 is 9.47 Å². The van der Waals surface area contributed by atoms with E-state index in [4.69, 9.17) is 14.5 Å². The maximum Gasteiger partial charge on any atom is 0.231 e. The zero-order chi connectivity index (χ0) is 13.7. The van der Waals surface area contributed by atoms with Crippen LogP contribution in [0.5, 0.6) is 11.5 Å². The summed E-state index contributed by atoms with van der Waals surface area (Å²) in [7, 11) is 0. The molecule has 0 N–H and O–H groups in total. The third-order valence-electron chi connectivity index (χ3n) is 3.80. The van der Waals surface area contributed by atoms with E-state index in [1.807, 2.05) is 12.1 Å². The van der Waals surface area contributed by atoms with Gasteiger partial charge in [-0.3, -0.25) is 0 Å². The predicted octanol–water partition coefficient (Wildman–Crippen LogP) is 4.73. The molecule has 21 heavy (non-hydrogen) atoms. The van der Waals surface area contributed by atoms with E-state index in [-0.39, 0.29) is 12.4 Å². The summed E-state index contributed by atoms with van der Waals surface area (Å²) in [6, 6.07) is 8.17. The van der Waals surface area contributed by atoms with E-state index in [1.165, 1.54) is 16.0 Å². The lowest BCUT2D eigenvalue weighted by molar-refractivity contribution is 0.174. The molecule has 1 aliphatic heterocycles. The molecule has 108 valence electrons. The number of halogens is 1. The molecule has 0 unspecified atom stereocenters. The fraction of sp³-hybridized carbons (Fsp3) is 0.188. The van der Waals surface area contributed by atoms with Crippen molar-refractivity contribution < 1.29 is 9.47 Å². The topological polar surface area (TPSA) is 31.4 Å². The Hall–Kier alpha value is -1.78. The molecule has 0 spiro atoms. The van der Waals surface area contributed by atoms with Crippen LogP contribution >= 0.6 is 23.7 Å². The van der Waals surface area contributed by atoms with Gasteiger partial charge in [0.05, 0.1) is 16.1 Å². The van der Waals surface area contributed by atoms with Crippen molar-refractivity contribution in [2.24, 2.45) is 0 Å². The first-order valence-electron chi connectivity index (χ1n) is 6.48. The Bertz CT molecular complexity index is 815. The number of aryl methyl sites for hydroxylation is 1. The number of nitrogens with zero attached hydrogens (tertiary/aromatic N) is 1. The molecular formula is C16H14ClNO2S. The quantitative estimate of drug-likeness (QED) is 0.649. The van der Waals surface area contributed by atoms with Crippen LogP contribution in [0.15, 0.2) is 29.6 Å². The average Bonchev–Trinajstić information content (AvgIpc) is 3.11. The number of ether oxygens (including phenoxy) is 2. The summed E-state index contributed by atoms with van der Waals surface area (Å²) in [6.07, 6.45) is 0. The zero-order valence-corrected chi connectivity index (χ0v) is 13.3. The Morgan fingerprint density at radius 2 is 1.86 bits per heavy atom. The van der Waals surface area contributed by atoms with Crippen molar-refractivity contribution in [1.29, 1.82) is 0 Å². The minimum absolute atomic E-state index is 0. The molecule has 0 saturated carbocycles. The molecule has 0 amide bonds. The van der Waals surface area contributed by atoms with E-state index in [2.05, 4.69) is 31.4 Å². The highest BCUT2D eigenvalue weighted by molar-refractivity contribution is 7.13. The van der Waals surface area contributed by atoms with E-state index in [0.29, 0.717) is 6.79 Å². The maximum absolute atomic E-state index is 5.46. The molecule has 3 aromatic rings. The lowest BCUT2D eigenvalue weighted by Crippen LogP contribution is -1.93. The van der Waals surface area contributed by atoms with Gasteiger partial charge >= 0.3 is 0 Å². The SMILES string of the molecule is Cc1c(-c2cccs2)nc2cc3c(cc2c1C)OCO3.Cl. The van der Waals surface area contributed by atoms with Crippen LogP contribution in [-0.4, -0.2) is 11.8 Å². The molecule has 0 radical (unpaired) electrons. The first-order chi connectivity index (χ1) is 9.74. The maximum atomic E-state index is 5.46. The van der Waals surface area contributed by atoms with E-state index < -0.39 is 0 Å². The molecule has 5 heteroatoms. The number of hydrogen-bond donors (Lipinski definition) is 0. The molecule has 0 bridgehead atoms. The van der Waals surface area contributed by atoms with Gasteiger partial charge in [0.25, 0.3) is 0 Å². The summed E-state index contributed by atoms with van der Waals surface area (Å²) in [6.45, 7) is 4.56. The number of benzene rings is 1. The summed E-state index contributed by atoms with van der Waals surface area (Å²) in [5, 5.41) is 3.21. The van der Waals surface area contributed by atoms with Crippen LogP contribution in [0.25, 0.3) is 21.5 Å². The Kier molecular flexibility index (Phi) is 3.51. The molecular weight excluding hydrogens is 306 g/mol. The van der Waals surface area contributed by atoms with E-state index in [0.717, 1.165) is 28.1 Å². The van der Waals surface area contributed by atoms with E-state index >= 15 is 0 Å². The first-order valence-corrected chi connectivity index (χ1v) is 7.36. The van der Waals surface area contributed by atoms with Gasteiger partial charge in [-0.15, -0.1) is 23.7 Å². The van der Waals surface area contributed by atoms with Crippen LogP contribution in [0.2, 0.25) is 0 Å². The van der Waals surface area contributed by atoms with Crippen molar-refractivity contribution in [2.75, 3.05) is 6.79 Å². The lowest BCUT2D eigenvalue weighted by atomic mass is 10.0. The van der Waals surface area contributed by atoms with Gasteiger partial charge in [0.2, 0.25) is 6.79 Å². The number of thiophene rings is 1. The number of hydrogen-bond acceptors (Lipinski definition) is 4. The highest BCUT2D eigenvalue weighted by Gasteiger charge is 2.18. The average molecular weight is 320 g/mol. The van der Waals surface area contributed by atoms with Crippen molar-refractivity contribution >= 4 is 34.6 Å². The van der Waals surface area contributed by atoms with Gasteiger partial charge in [0, 0.05) is 11.5 Å². The number of aromatic nitrogens is 1. The summed E-state index contributed by atoms with van der Waals surface area (Å²) in [5.41, 5.74) is 4.49. The molecule has 0 atom stereocenters. The summed E-state index contributed by atoms with van der Waals surface area (Å²) in [5.74, 6) is 1.59. The third kappa shape index (κ3) is 2.15. The van der Waals surface area contributed by atoms with Crippen LogP contribution in [-0.2, 0) is 0 Å². The molecule has 0 fully saturated rings. The first kappa shape index (κ1) is 14.2. The monoisotopic (exact) mass is 319 g/mol. The third-order valence-corrected chi connectivity index (χ3v) is 4.68. The summed E-state index contributed by atoms with van der Waals surface area (Å²) >= 11 is 1.71. The highest BCUT2D eigenvalue weighted by atomic mass is 35.5. The molecule has 1 aromatic carbocycles. The lowest BCUT2D eigenvalue weighted by Gasteiger charge is -2.11. The Morgan fingerprint density at radius 1 is 1.10 bits per heavy atom. The van der Waals surface area contributed by atoms with Crippen molar-refractivity contribution in [3.05, 3.63) is 40.8 Å². The normalized spacial score (nSPS) is 12.5. The number of rotatable bonds is 1. The zero-order valence-electron chi connectivity index (χ0n) is 11.7. The largest absolute Gasteiger partial charge is 0.454 e. The second-order valence-corrected chi connectivity index (χ2v) is 5.86. The summed E-state index contributed by atoms with van der Waals surface area (Å²) < 4.78 is 10.9. The van der Waals surface area contributed by atoms with Gasteiger partial charge in [0.15, 0.2) is 11.5 Å². The molecule has 0 saturated heterocycles. The van der Waals surface area contributed by atoms with Gasteiger partial charge in [-0.1, -0.05) is 6.07 Å². The van der Waals surface area contributed by atoms with Crippen molar-refractivity contribution in [2.45, 2.75) is 13.8 Å². The second kappa shape index (κ2) is 5.20. The van der Waals surface area contributed by atoms with Gasteiger partial charge < -0.3 is 9.47 Å². The standard InChI is InChI=1S/C16H13NO2S.ClH/c1-9-10(2)16(15-4-3-5-20-15)17-12-7-14-13(6-11(9)12)18-8-19-14;/h3-7H,8H2,1-2H3;1H. The van der Waals surface area contributed by atoms with Gasteiger partial charge in [0.1, 0.15) is 0 Å². The van der Waals surface area contributed by atoms with Gasteiger partial charge in [-0.25, -0.2) is 4.98 Å². The van der Waals surface area contributed by atoms with Crippen molar-refractivity contribution in [3.63, 3.8) is 0 Å². The highest BCUT2D eigenvalue weighted by Crippen LogP contribution is 2.39. The number of fused-ring (bicyclic) bond motifs is 2. The Balaban J connectivity index is 0.00000132. The fourth-order valence-corrected chi connectivity index (χ4v) is 3.33. The molecule has 2 aromatic heterocycles. The minimum Gasteiger partial charge on any atom is -0.454 e. The van der Waals surface area contributed by atoms with Crippen molar-refractivity contribution in [3.8, 4) is 22.1 Å². The minimum atomic E-state index is 0. The van der Waals surface area contributed by atoms with Gasteiger partial charge in [-0.2, -0.15) is 0 Å².